The van der Waals surface area contributed by atoms with E-state index < -0.39 is 0 Å². The molecule has 4 heteroatoms. The molecule has 0 saturated heterocycles. The number of pyridine rings is 1. The van der Waals surface area contributed by atoms with Crippen molar-refractivity contribution in [2.45, 2.75) is 24.8 Å². The number of ether oxygens (including phenoxy) is 1. The van der Waals surface area contributed by atoms with Crippen molar-refractivity contribution in [1.82, 2.24) is 4.98 Å². The Balaban J connectivity index is 1.98. The van der Waals surface area contributed by atoms with Crippen molar-refractivity contribution in [2.24, 2.45) is 0 Å². The normalized spacial score (nSPS) is 21.8. The summed E-state index contributed by atoms with van der Waals surface area (Å²) in [6.45, 7) is 0.793. The lowest BCUT2D eigenvalue weighted by Crippen LogP contribution is -2.52. The molecule has 14 heavy (non-hydrogen) atoms. The van der Waals surface area contributed by atoms with Gasteiger partial charge in [0.2, 0.25) is 0 Å². The van der Waals surface area contributed by atoms with E-state index >= 15 is 0 Å². The Morgan fingerprint density at radius 1 is 1.50 bits per heavy atom. The molecule has 0 radical (unpaired) electrons. The number of hydrogen-bond acceptors (Lipinski definition) is 3. The molecule has 2 heterocycles. The number of fused-ring (bicyclic) bond motifs is 1. The topological polar surface area (TPSA) is 34.1 Å². The Hall–Kier alpha value is -0.520. The van der Waals surface area contributed by atoms with Gasteiger partial charge in [0.1, 0.15) is 6.61 Å². The van der Waals surface area contributed by atoms with Crippen LogP contribution in [0.2, 0.25) is 0 Å². The van der Waals surface area contributed by atoms with Crippen LogP contribution >= 0.6 is 22.6 Å². The minimum atomic E-state index is 0.199. The summed E-state index contributed by atoms with van der Waals surface area (Å²) in [7, 11) is 0. The first-order valence-corrected chi connectivity index (χ1v) is 5.93. The molecule has 1 spiro atoms. The molecule has 0 bridgehead atoms. The number of nitrogens with one attached hydrogen (secondary N) is 1. The summed E-state index contributed by atoms with van der Waals surface area (Å²) < 4.78 is 6.91. The number of rotatable bonds is 0. The van der Waals surface area contributed by atoms with Crippen LogP contribution in [0.3, 0.4) is 0 Å². The molecule has 1 aliphatic carbocycles. The van der Waals surface area contributed by atoms with Crippen LogP contribution in [0.5, 0.6) is 5.75 Å². The summed E-state index contributed by atoms with van der Waals surface area (Å²) in [5, 5.41) is 3.51. The zero-order valence-corrected chi connectivity index (χ0v) is 9.87. The molecule has 3 nitrogen and oxygen atoms in total. The summed E-state index contributed by atoms with van der Waals surface area (Å²) in [4.78, 5) is 4.32. The van der Waals surface area contributed by atoms with Crippen molar-refractivity contribution in [3.05, 3.63) is 15.8 Å². The van der Waals surface area contributed by atoms with Crippen LogP contribution in [0.15, 0.2) is 12.3 Å². The molecular formula is C10H11IN2O. The van der Waals surface area contributed by atoms with E-state index in [0.29, 0.717) is 0 Å². The van der Waals surface area contributed by atoms with Gasteiger partial charge in [-0.25, -0.2) is 4.98 Å². The van der Waals surface area contributed by atoms with Crippen LogP contribution in [0.4, 0.5) is 5.82 Å². The number of anilines is 1. The first-order chi connectivity index (χ1) is 6.79. The van der Waals surface area contributed by atoms with Gasteiger partial charge in [-0.1, -0.05) is 0 Å². The van der Waals surface area contributed by atoms with Crippen molar-refractivity contribution in [3.63, 3.8) is 0 Å². The highest BCUT2D eigenvalue weighted by atomic mass is 127. The third-order valence-corrected chi connectivity index (χ3v) is 3.89. The van der Waals surface area contributed by atoms with Crippen LogP contribution in [-0.4, -0.2) is 17.1 Å². The number of hydrogen-bond donors (Lipinski definition) is 1. The first-order valence-electron chi connectivity index (χ1n) is 4.85. The minimum absolute atomic E-state index is 0.199. The summed E-state index contributed by atoms with van der Waals surface area (Å²) in [6.07, 6.45) is 5.55. The molecule has 1 fully saturated rings. The highest BCUT2D eigenvalue weighted by molar-refractivity contribution is 14.1. The molecule has 0 atom stereocenters. The number of nitrogens with zero attached hydrogens (tertiary/aromatic N) is 1. The van der Waals surface area contributed by atoms with E-state index in [4.69, 9.17) is 4.74 Å². The molecule has 1 N–H and O–H groups in total. The largest absolute Gasteiger partial charge is 0.486 e. The summed E-state index contributed by atoms with van der Waals surface area (Å²) >= 11 is 2.28. The van der Waals surface area contributed by atoms with Crippen molar-refractivity contribution in [1.29, 1.82) is 0 Å². The standard InChI is InChI=1S/C10H11IN2O/c11-7-2-5-12-9-8(7)14-6-10(13-9)3-1-4-10/h2,5H,1,3-4,6H2,(H,12,13). The van der Waals surface area contributed by atoms with E-state index in [0.717, 1.165) is 21.7 Å². The van der Waals surface area contributed by atoms with Crippen LogP contribution in [0.25, 0.3) is 0 Å². The van der Waals surface area contributed by atoms with Crippen molar-refractivity contribution < 1.29 is 4.74 Å². The van der Waals surface area contributed by atoms with Gasteiger partial charge in [-0.05, 0) is 47.9 Å². The van der Waals surface area contributed by atoms with Crippen LogP contribution in [0, 0.1) is 3.57 Å². The lowest BCUT2D eigenvalue weighted by Gasteiger charge is -2.45. The maximum Gasteiger partial charge on any atom is 0.174 e. The van der Waals surface area contributed by atoms with Gasteiger partial charge in [-0.15, -0.1) is 0 Å². The van der Waals surface area contributed by atoms with Gasteiger partial charge in [0, 0.05) is 6.20 Å². The molecule has 1 aromatic heterocycles. The fourth-order valence-electron chi connectivity index (χ4n) is 2.02. The molecular weight excluding hydrogens is 291 g/mol. The van der Waals surface area contributed by atoms with Gasteiger partial charge in [0.15, 0.2) is 11.6 Å². The maximum atomic E-state index is 5.78. The summed E-state index contributed by atoms with van der Waals surface area (Å²) in [6, 6.07) is 1.97. The monoisotopic (exact) mass is 302 g/mol. The SMILES string of the molecule is Ic1ccnc2c1OCC1(CCC1)N2. The smallest absolute Gasteiger partial charge is 0.174 e. The predicted octanol–water partition coefficient (Wildman–Crippen LogP) is 2.41. The zero-order chi connectivity index (χ0) is 9.60. The number of halogens is 1. The van der Waals surface area contributed by atoms with Gasteiger partial charge in [-0.3, -0.25) is 0 Å². The highest BCUT2D eigenvalue weighted by Crippen LogP contribution is 2.42. The highest BCUT2D eigenvalue weighted by Gasteiger charge is 2.41. The van der Waals surface area contributed by atoms with E-state index in [1.165, 1.54) is 19.3 Å². The Morgan fingerprint density at radius 3 is 3.07 bits per heavy atom. The molecule has 1 saturated carbocycles. The summed E-state index contributed by atoms with van der Waals surface area (Å²) in [5.41, 5.74) is 0.199. The van der Waals surface area contributed by atoms with E-state index in [-0.39, 0.29) is 5.54 Å². The lowest BCUT2D eigenvalue weighted by atomic mass is 9.77. The molecule has 0 aromatic carbocycles. The molecule has 1 aliphatic heterocycles. The third kappa shape index (κ3) is 1.20. The van der Waals surface area contributed by atoms with E-state index in [2.05, 4.69) is 32.9 Å². The number of aromatic nitrogens is 1. The van der Waals surface area contributed by atoms with Gasteiger partial charge in [-0.2, -0.15) is 0 Å². The fourth-order valence-corrected chi connectivity index (χ4v) is 2.59. The molecule has 74 valence electrons. The van der Waals surface area contributed by atoms with Crippen LogP contribution in [-0.2, 0) is 0 Å². The van der Waals surface area contributed by atoms with Crippen LogP contribution in [0.1, 0.15) is 19.3 Å². The van der Waals surface area contributed by atoms with E-state index in [1.807, 2.05) is 12.3 Å². The Morgan fingerprint density at radius 2 is 2.36 bits per heavy atom. The quantitative estimate of drug-likeness (QED) is 0.747. The van der Waals surface area contributed by atoms with E-state index in [1.54, 1.807) is 0 Å². The minimum Gasteiger partial charge on any atom is -0.486 e. The van der Waals surface area contributed by atoms with Crippen LogP contribution < -0.4 is 10.1 Å². The van der Waals surface area contributed by atoms with Gasteiger partial charge >= 0.3 is 0 Å². The lowest BCUT2D eigenvalue weighted by molar-refractivity contribution is 0.146. The van der Waals surface area contributed by atoms with E-state index in [9.17, 15) is 0 Å². The average Bonchev–Trinajstić information content (AvgIpc) is 2.15. The molecule has 0 amide bonds. The van der Waals surface area contributed by atoms with Crippen molar-refractivity contribution in [2.75, 3.05) is 11.9 Å². The van der Waals surface area contributed by atoms with Crippen molar-refractivity contribution >= 4 is 28.4 Å². The predicted molar refractivity (Wildman–Crippen MR) is 62.7 cm³/mol. The second-order valence-corrected chi connectivity index (χ2v) is 5.18. The second-order valence-electron chi connectivity index (χ2n) is 4.02. The maximum absolute atomic E-state index is 5.78. The Kier molecular flexibility index (Phi) is 1.87. The Labute approximate surface area is 96.4 Å². The fraction of sp³-hybridized carbons (Fsp3) is 0.500. The summed E-state index contributed by atoms with van der Waals surface area (Å²) in [5.74, 6) is 1.84. The van der Waals surface area contributed by atoms with Gasteiger partial charge in [0.05, 0.1) is 9.11 Å². The molecule has 0 unspecified atom stereocenters. The zero-order valence-electron chi connectivity index (χ0n) is 7.72. The first kappa shape index (κ1) is 8.76. The third-order valence-electron chi connectivity index (χ3n) is 3.04. The molecule has 1 aromatic rings. The second kappa shape index (κ2) is 2.98. The van der Waals surface area contributed by atoms with Gasteiger partial charge < -0.3 is 10.1 Å². The van der Waals surface area contributed by atoms with Crippen molar-refractivity contribution in [3.8, 4) is 5.75 Å². The average molecular weight is 302 g/mol. The molecule has 2 aliphatic rings. The Bertz CT molecular complexity index is 376. The molecule has 3 rings (SSSR count). The van der Waals surface area contributed by atoms with Gasteiger partial charge in [0.25, 0.3) is 0 Å².